The zero-order chi connectivity index (χ0) is 12.8. The number of anilines is 1. The lowest BCUT2D eigenvalue weighted by Gasteiger charge is -2.20. The largest absolute Gasteiger partial charge is 0.395 e. The molecule has 0 fully saturated rings. The van der Waals surface area contributed by atoms with Crippen LogP contribution in [0.2, 0.25) is 0 Å². The first-order valence-corrected chi connectivity index (χ1v) is 5.64. The van der Waals surface area contributed by atoms with Crippen LogP contribution in [0.1, 0.15) is 17.4 Å². The number of carbonyl (C=O) groups excluding carboxylic acids is 1. The summed E-state index contributed by atoms with van der Waals surface area (Å²) in [6.45, 7) is 2.74. The number of hydrogen-bond acceptors (Lipinski definition) is 4. The van der Waals surface area contributed by atoms with Gasteiger partial charge in [-0.3, -0.25) is 4.79 Å². The van der Waals surface area contributed by atoms with Gasteiger partial charge in [-0.1, -0.05) is 6.07 Å². The van der Waals surface area contributed by atoms with Crippen LogP contribution in [0.25, 0.3) is 0 Å². The summed E-state index contributed by atoms with van der Waals surface area (Å²) >= 11 is 0. The SMILES string of the molecule is CCN(CCO)C(=O)c1cccc(N(C)C)n1. The molecule has 5 heteroatoms. The molecule has 1 aromatic heterocycles. The van der Waals surface area contributed by atoms with Crippen molar-refractivity contribution in [1.29, 1.82) is 0 Å². The Morgan fingerprint density at radius 2 is 2.12 bits per heavy atom. The summed E-state index contributed by atoms with van der Waals surface area (Å²) in [5, 5.41) is 8.88. The fourth-order valence-electron chi connectivity index (χ4n) is 1.48. The molecule has 0 atom stereocenters. The van der Waals surface area contributed by atoms with Crippen molar-refractivity contribution >= 4 is 11.7 Å². The second-order valence-corrected chi connectivity index (χ2v) is 3.88. The fraction of sp³-hybridized carbons (Fsp3) is 0.500. The molecule has 5 nitrogen and oxygen atoms in total. The molecule has 0 bridgehead atoms. The van der Waals surface area contributed by atoms with Gasteiger partial charge in [0.05, 0.1) is 6.61 Å². The van der Waals surface area contributed by atoms with Gasteiger partial charge in [0.15, 0.2) is 0 Å². The number of aliphatic hydroxyl groups excluding tert-OH is 1. The van der Waals surface area contributed by atoms with E-state index in [2.05, 4.69) is 4.98 Å². The van der Waals surface area contributed by atoms with E-state index < -0.39 is 0 Å². The molecule has 0 aliphatic heterocycles. The number of amides is 1. The van der Waals surface area contributed by atoms with E-state index in [1.165, 1.54) is 0 Å². The van der Waals surface area contributed by atoms with Gasteiger partial charge in [0, 0.05) is 27.2 Å². The molecule has 0 aliphatic carbocycles. The highest BCUT2D eigenvalue weighted by atomic mass is 16.3. The van der Waals surface area contributed by atoms with Crippen LogP contribution >= 0.6 is 0 Å². The number of likely N-dealkylation sites (N-methyl/N-ethyl adjacent to an activating group) is 1. The summed E-state index contributed by atoms with van der Waals surface area (Å²) in [7, 11) is 3.75. The molecule has 1 amide bonds. The van der Waals surface area contributed by atoms with Crippen molar-refractivity contribution in [3.8, 4) is 0 Å². The Labute approximate surface area is 102 Å². The first-order chi connectivity index (χ1) is 8.10. The van der Waals surface area contributed by atoms with E-state index in [4.69, 9.17) is 5.11 Å². The molecular weight excluding hydrogens is 218 g/mol. The van der Waals surface area contributed by atoms with Crippen LogP contribution in [0.5, 0.6) is 0 Å². The zero-order valence-corrected chi connectivity index (χ0v) is 10.6. The Morgan fingerprint density at radius 1 is 1.41 bits per heavy atom. The highest BCUT2D eigenvalue weighted by molar-refractivity contribution is 5.92. The van der Waals surface area contributed by atoms with Crippen LogP contribution in [-0.2, 0) is 0 Å². The van der Waals surface area contributed by atoms with Crippen molar-refractivity contribution < 1.29 is 9.90 Å². The first-order valence-electron chi connectivity index (χ1n) is 5.64. The second kappa shape index (κ2) is 6.20. The summed E-state index contributed by atoms with van der Waals surface area (Å²) in [5.41, 5.74) is 0.409. The number of rotatable bonds is 5. The number of nitrogens with zero attached hydrogens (tertiary/aromatic N) is 3. The maximum Gasteiger partial charge on any atom is 0.272 e. The molecule has 0 saturated heterocycles. The summed E-state index contributed by atoms with van der Waals surface area (Å²) in [6.07, 6.45) is 0. The minimum absolute atomic E-state index is 0.0348. The van der Waals surface area contributed by atoms with Crippen LogP contribution < -0.4 is 4.90 Å². The molecule has 17 heavy (non-hydrogen) atoms. The Hall–Kier alpha value is -1.62. The number of pyridine rings is 1. The Morgan fingerprint density at radius 3 is 2.65 bits per heavy atom. The molecule has 1 heterocycles. The van der Waals surface area contributed by atoms with Crippen LogP contribution in [0, 0.1) is 0 Å². The van der Waals surface area contributed by atoms with Gasteiger partial charge in [-0.25, -0.2) is 4.98 Å². The molecule has 1 aromatic rings. The molecule has 1 rings (SSSR count). The van der Waals surface area contributed by atoms with Gasteiger partial charge < -0.3 is 14.9 Å². The average Bonchev–Trinajstić information content (AvgIpc) is 2.35. The van der Waals surface area contributed by atoms with Gasteiger partial charge in [0.25, 0.3) is 5.91 Å². The van der Waals surface area contributed by atoms with Gasteiger partial charge in [-0.2, -0.15) is 0 Å². The van der Waals surface area contributed by atoms with E-state index in [0.717, 1.165) is 5.82 Å². The van der Waals surface area contributed by atoms with Crippen molar-refractivity contribution in [2.45, 2.75) is 6.92 Å². The Balaban J connectivity index is 2.91. The quantitative estimate of drug-likeness (QED) is 0.815. The summed E-state index contributed by atoms with van der Waals surface area (Å²) in [4.78, 5) is 19.8. The summed E-state index contributed by atoms with van der Waals surface area (Å²) in [5.74, 6) is 0.598. The zero-order valence-electron chi connectivity index (χ0n) is 10.6. The molecule has 0 aromatic carbocycles. The number of aliphatic hydroxyl groups is 1. The summed E-state index contributed by atoms with van der Waals surface area (Å²) < 4.78 is 0. The normalized spacial score (nSPS) is 10.1. The van der Waals surface area contributed by atoms with E-state index >= 15 is 0 Å². The van der Waals surface area contributed by atoms with E-state index in [1.807, 2.05) is 38.1 Å². The highest BCUT2D eigenvalue weighted by Gasteiger charge is 2.15. The predicted molar refractivity (Wildman–Crippen MR) is 67.2 cm³/mol. The van der Waals surface area contributed by atoms with Crippen molar-refractivity contribution in [2.75, 3.05) is 38.7 Å². The lowest BCUT2D eigenvalue weighted by atomic mass is 10.3. The maximum absolute atomic E-state index is 12.1. The number of hydrogen-bond donors (Lipinski definition) is 1. The van der Waals surface area contributed by atoms with Gasteiger partial charge in [-0.05, 0) is 19.1 Å². The predicted octanol–water partition coefficient (Wildman–Crippen LogP) is 0.602. The molecule has 0 aliphatic rings. The molecule has 0 radical (unpaired) electrons. The number of carbonyl (C=O) groups is 1. The van der Waals surface area contributed by atoms with Crippen molar-refractivity contribution in [1.82, 2.24) is 9.88 Å². The third kappa shape index (κ3) is 3.42. The van der Waals surface area contributed by atoms with Crippen molar-refractivity contribution in [2.24, 2.45) is 0 Å². The van der Waals surface area contributed by atoms with Crippen LogP contribution in [0.3, 0.4) is 0 Å². The topological polar surface area (TPSA) is 56.7 Å². The minimum Gasteiger partial charge on any atom is -0.395 e. The molecule has 1 N–H and O–H groups in total. The van der Waals surface area contributed by atoms with Gasteiger partial charge in [-0.15, -0.1) is 0 Å². The van der Waals surface area contributed by atoms with Crippen LogP contribution in [0.15, 0.2) is 18.2 Å². The number of aromatic nitrogens is 1. The lowest BCUT2D eigenvalue weighted by molar-refractivity contribution is 0.0726. The monoisotopic (exact) mass is 237 g/mol. The Kier molecular flexibility index (Phi) is 4.90. The summed E-state index contributed by atoms with van der Waals surface area (Å²) in [6, 6.07) is 5.34. The molecule has 0 saturated carbocycles. The lowest BCUT2D eigenvalue weighted by Crippen LogP contribution is -2.34. The molecule has 94 valence electrons. The molecule has 0 unspecified atom stereocenters. The minimum atomic E-state index is -0.148. The molecular formula is C12H19N3O2. The highest BCUT2D eigenvalue weighted by Crippen LogP contribution is 2.09. The van der Waals surface area contributed by atoms with E-state index in [0.29, 0.717) is 18.8 Å². The third-order valence-corrected chi connectivity index (χ3v) is 2.45. The van der Waals surface area contributed by atoms with Gasteiger partial charge >= 0.3 is 0 Å². The van der Waals surface area contributed by atoms with Gasteiger partial charge in [0.1, 0.15) is 11.5 Å². The van der Waals surface area contributed by atoms with E-state index in [-0.39, 0.29) is 12.5 Å². The standard InChI is InChI=1S/C12H19N3O2/c1-4-15(8-9-16)12(17)10-6-5-7-11(13-10)14(2)3/h5-7,16H,4,8-9H2,1-3H3. The Bertz CT molecular complexity index is 380. The third-order valence-electron chi connectivity index (χ3n) is 2.45. The maximum atomic E-state index is 12.1. The van der Waals surface area contributed by atoms with Gasteiger partial charge in [0.2, 0.25) is 0 Å². The van der Waals surface area contributed by atoms with E-state index in [1.54, 1.807) is 11.0 Å². The van der Waals surface area contributed by atoms with E-state index in [9.17, 15) is 4.79 Å². The second-order valence-electron chi connectivity index (χ2n) is 3.88. The smallest absolute Gasteiger partial charge is 0.272 e. The molecule has 0 spiro atoms. The van der Waals surface area contributed by atoms with Crippen LogP contribution in [0.4, 0.5) is 5.82 Å². The first kappa shape index (κ1) is 13.4. The average molecular weight is 237 g/mol. The van der Waals surface area contributed by atoms with Crippen molar-refractivity contribution in [3.05, 3.63) is 23.9 Å². The van der Waals surface area contributed by atoms with Crippen LogP contribution in [-0.4, -0.2) is 54.7 Å². The van der Waals surface area contributed by atoms with Crippen molar-refractivity contribution in [3.63, 3.8) is 0 Å². The fourth-order valence-corrected chi connectivity index (χ4v) is 1.48.